The van der Waals surface area contributed by atoms with Crippen LogP contribution in [-0.4, -0.2) is 11.8 Å². The van der Waals surface area contributed by atoms with Crippen LogP contribution in [0.2, 0.25) is 0 Å². The number of hydrogen-bond acceptors (Lipinski definition) is 3. The van der Waals surface area contributed by atoms with Crippen molar-refractivity contribution in [2.45, 2.75) is 33.2 Å². The van der Waals surface area contributed by atoms with Gasteiger partial charge >= 0.3 is 0 Å². The van der Waals surface area contributed by atoms with E-state index in [1.807, 2.05) is 39.0 Å². The van der Waals surface area contributed by atoms with Gasteiger partial charge in [0.2, 0.25) is 0 Å². The second-order valence-electron chi connectivity index (χ2n) is 7.19. The zero-order valence-electron chi connectivity index (χ0n) is 17.4. The van der Waals surface area contributed by atoms with Crippen molar-refractivity contribution in [2.75, 3.05) is 0 Å². The van der Waals surface area contributed by atoms with Gasteiger partial charge in [-0.1, -0.05) is 48.9 Å². The molecule has 0 saturated carbocycles. The summed E-state index contributed by atoms with van der Waals surface area (Å²) in [7, 11) is 0. The highest BCUT2D eigenvalue weighted by Crippen LogP contribution is 2.22. The zero-order chi connectivity index (χ0) is 21.5. The van der Waals surface area contributed by atoms with Gasteiger partial charge in [-0.25, -0.2) is 0 Å². The lowest BCUT2D eigenvalue weighted by Gasteiger charge is -2.21. The minimum atomic E-state index is -0.373. The topological polar surface area (TPSA) is 71.3 Å². The summed E-state index contributed by atoms with van der Waals surface area (Å²) in [5, 5.41) is 5.78. The molecule has 0 spiro atoms. The summed E-state index contributed by atoms with van der Waals surface area (Å²) < 4.78 is 5.34. The highest BCUT2D eigenvalue weighted by Gasteiger charge is 2.20. The monoisotopic (exact) mass is 402 g/mol. The molecule has 3 aromatic rings. The van der Waals surface area contributed by atoms with Crippen molar-refractivity contribution in [3.8, 4) is 0 Å². The molecule has 2 amide bonds. The molecule has 0 radical (unpaired) electrons. The Morgan fingerprint density at radius 2 is 1.80 bits per heavy atom. The van der Waals surface area contributed by atoms with Crippen molar-refractivity contribution in [3.05, 3.63) is 101 Å². The molecule has 1 atom stereocenters. The van der Waals surface area contributed by atoms with E-state index in [-0.39, 0.29) is 23.6 Å². The van der Waals surface area contributed by atoms with Gasteiger partial charge < -0.3 is 15.1 Å². The Labute approximate surface area is 176 Å². The van der Waals surface area contributed by atoms with Crippen LogP contribution in [0, 0.1) is 13.8 Å². The first-order valence-electron chi connectivity index (χ1n) is 9.97. The lowest BCUT2D eigenvalue weighted by atomic mass is 9.97. The summed E-state index contributed by atoms with van der Waals surface area (Å²) >= 11 is 0. The summed E-state index contributed by atoms with van der Waals surface area (Å²) in [6.45, 7) is 6.09. The minimum absolute atomic E-state index is 0.127. The molecule has 0 aliphatic carbocycles. The standard InChI is InChI=1S/C25H26N2O3/c1-4-22(21-13-12-17(2)15-18(21)3)26-25(29)23(16-20-11-8-14-30-20)27-24(28)19-9-6-5-7-10-19/h5-16,22H,4H2,1-3H3,(H,26,29)(H,27,28)/b23-16-/t22-/m1/s1. The molecule has 0 fully saturated rings. The molecule has 30 heavy (non-hydrogen) atoms. The molecule has 0 aliphatic rings. The largest absolute Gasteiger partial charge is 0.465 e. The van der Waals surface area contributed by atoms with Gasteiger partial charge in [0.15, 0.2) is 0 Å². The van der Waals surface area contributed by atoms with Crippen LogP contribution in [0.5, 0.6) is 0 Å². The number of carbonyl (C=O) groups excluding carboxylic acids is 2. The number of benzene rings is 2. The Kier molecular flexibility index (Phi) is 6.86. The number of amides is 2. The smallest absolute Gasteiger partial charge is 0.268 e. The van der Waals surface area contributed by atoms with Crippen molar-refractivity contribution >= 4 is 17.9 Å². The van der Waals surface area contributed by atoms with E-state index in [2.05, 4.69) is 16.7 Å². The third-order valence-corrected chi connectivity index (χ3v) is 4.87. The second kappa shape index (κ2) is 9.74. The number of aryl methyl sites for hydroxylation is 2. The Morgan fingerprint density at radius 1 is 1.03 bits per heavy atom. The molecule has 0 saturated heterocycles. The van der Waals surface area contributed by atoms with Crippen LogP contribution in [0.25, 0.3) is 6.08 Å². The van der Waals surface area contributed by atoms with Crippen LogP contribution >= 0.6 is 0 Å². The molecule has 5 nitrogen and oxygen atoms in total. The molecule has 0 aliphatic heterocycles. The van der Waals surface area contributed by atoms with Gasteiger partial charge in [-0.15, -0.1) is 0 Å². The molecular formula is C25H26N2O3. The first-order valence-corrected chi connectivity index (χ1v) is 9.97. The number of nitrogens with one attached hydrogen (secondary N) is 2. The van der Waals surface area contributed by atoms with Gasteiger partial charge in [-0.3, -0.25) is 9.59 Å². The summed E-state index contributed by atoms with van der Waals surface area (Å²) in [5.41, 5.74) is 3.94. The average molecular weight is 402 g/mol. The zero-order valence-corrected chi connectivity index (χ0v) is 17.4. The highest BCUT2D eigenvalue weighted by atomic mass is 16.3. The van der Waals surface area contributed by atoms with Crippen LogP contribution in [0.4, 0.5) is 0 Å². The van der Waals surface area contributed by atoms with E-state index in [4.69, 9.17) is 4.42 Å². The summed E-state index contributed by atoms with van der Waals surface area (Å²) in [6, 6.07) is 18.2. The van der Waals surface area contributed by atoms with E-state index in [0.29, 0.717) is 11.3 Å². The van der Waals surface area contributed by atoms with E-state index >= 15 is 0 Å². The maximum absolute atomic E-state index is 13.1. The van der Waals surface area contributed by atoms with E-state index < -0.39 is 0 Å². The van der Waals surface area contributed by atoms with Crippen molar-refractivity contribution in [1.29, 1.82) is 0 Å². The normalized spacial score (nSPS) is 12.3. The van der Waals surface area contributed by atoms with Crippen LogP contribution < -0.4 is 10.6 Å². The van der Waals surface area contributed by atoms with Gasteiger partial charge in [0.25, 0.3) is 11.8 Å². The van der Waals surface area contributed by atoms with Gasteiger partial charge in [0, 0.05) is 11.6 Å². The minimum Gasteiger partial charge on any atom is -0.465 e. The van der Waals surface area contributed by atoms with E-state index in [1.165, 1.54) is 17.9 Å². The molecule has 1 heterocycles. The second-order valence-corrected chi connectivity index (χ2v) is 7.19. The van der Waals surface area contributed by atoms with Gasteiger partial charge in [-0.05, 0) is 55.7 Å². The van der Waals surface area contributed by atoms with Crippen molar-refractivity contribution in [2.24, 2.45) is 0 Å². The molecule has 0 unspecified atom stereocenters. The van der Waals surface area contributed by atoms with Crippen molar-refractivity contribution in [3.63, 3.8) is 0 Å². The van der Waals surface area contributed by atoms with Crippen molar-refractivity contribution in [1.82, 2.24) is 10.6 Å². The summed E-state index contributed by atoms with van der Waals surface area (Å²) in [5.74, 6) is -0.251. The Balaban J connectivity index is 1.85. The van der Waals surface area contributed by atoms with E-state index in [9.17, 15) is 9.59 Å². The predicted molar refractivity (Wildman–Crippen MR) is 118 cm³/mol. The number of hydrogen-bond donors (Lipinski definition) is 2. The third kappa shape index (κ3) is 5.26. The van der Waals surface area contributed by atoms with E-state index in [0.717, 1.165) is 17.5 Å². The van der Waals surface area contributed by atoms with Gasteiger partial charge in [0.1, 0.15) is 11.5 Å². The highest BCUT2D eigenvalue weighted by molar-refractivity contribution is 6.05. The maximum Gasteiger partial charge on any atom is 0.268 e. The van der Waals surface area contributed by atoms with Crippen LogP contribution in [0.3, 0.4) is 0 Å². The summed E-state index contributed by atoms with van der Waals surface area (Å²) in [4.78, 5) is 25.8. The quantitative estimate of drug-likeness (QED) is 0.550. The molecule has 154 valence electrons. The average Bonchev–Trinajstić information content (AvgIpc) is 3.25. The number of rotatable bonds is 7. The number of furan rings is 1. The fourth-order valence-electron chi connectivity index (χ4n) is 3.31. The first kappa shape index (κ1) is 21.1. The molecular weight excluding hydrogens is 376 g/mol. The van der Waals surface area contributed by atoms with Gasteiger partial charge in [0.05, 0.1) is 12.3 Å². The molecule has 2 N–H and O–H groups in total. The Morgan fingerprint density at radius 3 is 2.43 bits per heavy atom. The SMILES string of the molecule is CC[C@@H](NC(=O)/C(=C/c1ccco1)NC(=O)c1ccccc1)c1ccc(C)cc1C. The van der Waals surface area contributed by atoms with Crippen LogP contribution in [-0.2, 0) is 4.79 Å². The third-order valence-electron chi connectivity index (χ3n) is 4.87. The molecule has 0 bridgehead atoms. The van der Waals surface area contributed by atoms with E-state index in [1.54, 1.807) is 36.4 Å². The van der Waals surface area contributed by atoms with Gasteiger partial charge in [-0.2, -0.15) is 0 Å². The molecule has 5 heteroatoms. The number of carbonyl (C=O) groups is 2. The first-order chi connectivity index (χ1) is 14.5. The fourth-order valence-corrected chi connectivity index (χ4v) is 3.31. The lowest BCUT2D eigenvalue weighted by molar-refractivity contribution is -0.118. The van der Waals surface area contributed by atoms with Crippen molar-refractivity contribution < 1.29 is 14.0 Å². The van der Waals surface area contributed by atoms with Crippen LogP contribution in [0.15, 0.2) is 77.0 Å². The summed E-state index contributed by atoms with van der Waals surface area (Å²) in [6.07, 6.45) is 3.77. The molecule has 2 aromatic carbocycles. The lowest BCUT2D eigenvalue weighted by Crippen LogP contribution is -2.37. The molecule has 1 aromatic heterocycles. The fraction of sp³-hybridized carbons (Fsp3) is 0.200. The molecule has 3 rings (SSSR count). The maximum atomic E-state index is 13.1. The van der Waals surface area contributed by atoms with Crippen LogP contribution in [0.1, 0.15) is 52.2 Å². The predicted octanol–water partition coefficient (Wildman–Crippen LogP) is 4.93. The Hall–Kier alpha value is -3.60. The Bertz CT molecular complexity index is 1040.